The maximum absolute atomic E-state index is 10.7. The molecule has 1 unspecified atom stereocenters. The SMILES string of the molecule is Cn1cccc1C1(C(O)C(=O)O)CC1. The van der Waals surface area contributed by atoms with Crippen LogP contribution in [0.2, 0.25) is 0 Å². The summed E-state index contributed by atoms with van der Waals surface area (Å²) in [6, 6.07) is 3.74. The van der Waals surface area contributed by atoms with Crippen molar-refractivity contribution in [1.82, 2.24) is 4.57 Å². The van der Waals surface area contributed by atoms with Gasteiger partial charge in [-0.3, -0.25) is 0 Å². The first-order chi connectivity index (χ1) is 6.58. The largest absolute Gasteiger partial charge is 0.479 e. The highest BCUT2D eigenvalue weighted by Gasteiger charge is 2.54. The lowest BCUT2D eigenvalue weighted by molar-refractivity contribution is -0.148. The van der Waals surface area contributed by atoms with Crippen molar-refractivity contribution in [2.45, 2.75) is 24.4 Å². The van der Waals surface area contributed by atoms with Gasteiger partial charge in [-0.05, 0) is 25.0 Å². The molecule has 4 heteroatoms. The van der Waals surface area contributed by atoms with Crippen LogP contribution in [0.25, 0.3) is 0 Å². The van der Waals surface area contributed by atoms with Gasteiger partial charge in [0, 0.05) is 24.4 Å². The summed E-state index contributed by atoms with van der Waals surface area (Å²) in [5, 5.41) is 18.4. The summed E-state index contributed by atoms with van der Waals surface area (Å²) in [5.41, 5.74) is 0.372. The zero-order chi connectivity index (χ0) is 10.3. The Morgan fingerprint density at radius 3 is 2.64 bits per heavy atom. The third kappa shape index (κ3) is 1.14. The van der Waals surface area contributed by atoms with E-state index in [9.17, 15) is 9.90 Å². The van der Waals surface area contributed by atoms with Crippen LogP contribution in [-0.2, 0) is 17.3 Å². The quantitative estimate of drug-likeness (QED) is 0.738. The Balaban J connectivity index is 2.34. The number of carboxylic acid groups (broad SMARTS) is 1. The normalized spacial score (nSPS) is 20.4. The van der Waals surface area contributed by atoms with E-state index in [4.69, 9.17) is 5.11 Å². The summed E-state index contributed by atoms with van der Waals surface area (Å²) in [7, 11) is 1.87. The molecule has 14 heavy (non-hydrogen) atoms. The van der Waals surface area contributed by atoms with Crippen molar-refractivity contribution in [2.24, 2.45) is 7.05 Å². The first kappa shape index (κ1) is 9.27. The second kappa shape index (κ2) is 2.85. The number of aliphatic hydroxyl groups excluding tert-OH is 1. The highest BCUT2D eigenvalue weighted by molar-refractivity contribution is 5.75. The van der Waals surface area contributed by atoms with Crippen molar-refractivity contribution < 1.29 is 15.0 Å². The standard InChI is InChI=1S/C10H13NO3/c1-11-6-2-3-7(11)10(4-5-10)8(12)9(13)14/h2-3,6,8,12H,4-5H2,1H3,(H,13,14). The van der Waals surface area contributed by atoms with Crippen LogP contribution in [0.15, 0.2) is 18.3 Å². The molecule has 76 valence electrons. The van der Waals surface area contributed by atoms with Crippen LogP contribution in [0.1, 0.15) is 18.5 Å². The highest BCUT2D eigenvalue weighted by Crippen LogP contribution is 2.50. The molecule has 0 spiro atoms. The maximum atomic E-state index is 10.7. The highest BCUT2D eigenvalue weighted by atomic mass is 16.4. The third-order valence-corrected chi connectivity index (χ3v) is 3.00. The van der Waals surface area contributed by atoms with Gasteiger partial charge in [0.1, 0.15) is 0 Å². The van der Waals surface area contributed by atoms with Crippen LogP contribution in [0.4, 0.5) is 0 Å². The summed E-state index contributed by atoms with van der Waals surface area (Å²) in [4.78, 5) is 10.7. The number of aromatic nitrogens is 1. The summed E-state index contributed by atoms with van der Waals surface area (Å²) >= 11 is 0. The minimum Gasteiger partial charge on any atom is -0.479 e. The topological polar surface area (TPSA) is 62.5 Å². The van der Waals surface area contributed by atoms with Gasteiger partial charge in [-0.1, -0.05) is 0 Å². The van der Waals surface area contributed by atoms with E-state index >= 15 is 0 Å². The fourth-order valence-electron chi connectivity index (χ4n) is 2.02. The van der Waals surface area contributed by atoms with Gasteiger partial charge in [-0.15, -0.1) is 0 Å². The van der Waals surface area contributed by atoms with Gasteiger partial charge in [-0.25, -0.2) is 4.79 Å². The lowest BCUT2D eigenvalue weighted by Gasteiger charge is -2.19. The number of hydrogen-bond acceptors (Lipinski definition) is 2. The van der Waals surface area contributed by atoms with Gasteiger partial charge in [0.15, 0.2) is 6.10 Å². The summed E-state index contributed by atoms with van der Waals surface area (Å²) in [5.74, 6) is -1.14. The Labute approximate surface area is 81.8 Å². The predicted octanol–water partition coefficient (Wildman–Crippen LogP) is 0.502. The predicted molar refractivity (Wildman–Crippen MR) is 50.0 cm³/mol. The Kier molecular flexibility index (Phi) is 1.89. The molecule has 0 aliphatic heterocycles. The lowest BCUT2D eigenvalue weighted by Crippen LogP contribution is -2.35. The number of aliphatic carboxylic acids is 1. The number of rotatable bonds is 3. The van der Waals surface area contributed by atoms with E-state index in [-0.39, 0.29) is 0 Å². The zero-order valence-electron chi connectivity index (χ0n) is 7.97. The molecule has 0 radical (unpaired) electrons. The Morgan fingerprint density at radius 1 is 1.64 bits per heavy atom. The second-order valence-corrected chi connectivity index (χ2v) is 3.90. The van der Waals surface area contributed by atoms with Gasteiger partial charge in [-0.2, -0.15) is 0 Å². The second-order valence-electron chi connectivity index (χ2n) is 3.90. The number of aryl methyl sites for hydroxylation is 1. The van der Waals surface area contributed by atoms with Crippen LogP contribution >= 0.6 is 0 Å². The fraction of sp³-hybridized carbons (Fsp3) is 0.500. The molecule has 1 saturated carbocycles. The Hall–Kier alpha value is -1.29. The van der Waals surface area contributed by atoms with Crippen LogP contribution in [0.5, 0.6) is 0 Å². The van der Waals surface area contributed by atoms with Gasteiger partial charge in [0.25, 0.3) is 0 Å². The Bertz CT molecular complexity index is 365. The number of hydrogen-bond donors (Lipinski definition) is 2. The molecule has 1 aliphatic rings. The molecule has 1 aromatic heterocycles. The minimum atomic E-state index is -1.28. The molecule has 2 rings (SSSR count). The number of aliphatic hydroxyl groups is 1. The van der Waals surface area contributed by atoms with Crippen molar-refractivity contribution in [3.63, 3.8) is 0 Å². The molecule has 0 amide bonds. The number of carboxylic acids is 1. The molecule has 1 heterocycles. The first-order valence-electron chi connectivity index (χ1n) is 4.60. The molecule has 1 aliphatic carbocycles. The van der Waals surface area contributed by atoms with Crippen molar-refractivity contribution in [3.05, 3.63) is 24.0 Å². The van der Waals surface area contributed by atoms with Crippen molar-refractivity contribution >= 4 is 5.97 Å². The molecule has 1 fully saturated rings. The fourth-order valence-corrected chi connectivity index (χ4v) is 2.02. The first-order valence-corrected chi connectivity index (χ1v) is 4.60. The molecule has 1 aromatic rings. The molecular formula is C10H13NO3. The van der Waals surface area contributed by atoms with Crippen LogP contribution < -0.4 is 0 Å². The minimum absolute atomic E-state index is 0.538. The molecule has 0 saturated heterocycles. The smallest absolute Gasteiger partial charge is 0.333 e. The maximum Gasteiger partial charge on any atom is 0.333 e. The van der Waals surface area contributed by atoms with E-state index < -0.39 is 17.5 Å². The van der Waals surface area contributed by atoms with Gasteiger partial charge in [0.2, 0.25) is 0 Å². The van der Waals surface area contributed by atoms with Gasteiger partial charge < -0.3 is 14.8 Å². The lowest BCUT2D eigenvalue weighted by atomic mass is 9.95. The van der Waals surface area contributed by atoms with E-state index in [1.807, 2.05) is 29.9 Å². The number of nitrogens with zero attached hydrogens (tertiary/aromatic N) is 1. The molecule has 0 bridgehead atoms. The van der Waals surface area contributed by atoms with E-state index in [1.165, 1.54) is 0 Å². The number of carbonyl (C=O) groups is 1. The van der Waals surface area contributed by atoms with E-state index in [1.54, 1.807) is 0 Å². The van der Waals surface area contributed by atoms with Gasteiger partial charge in [0.05, 0.1) is 0 Å². The molecular weight excluding hydrogens is 182 g/mol. The average molecular weight is 195 g/mol. The monoisotopic (exact) mass is 195 g/mol. The summed E-state index contributed by atoms with van der Waals surface area (Å²) < 4.78 is 1.87. The third-order valence-electron chi connectivity index (χ3n) is 3.00. The van der Waals surface area contributed by atoms with Crippen molar-refractivity contribution in [3.8, 4) is 0 Å². The summed E-state index contributed by atoms with van der Waals surface area (Å²) in [6.45, 7) is 0. The van der Waals surface area contributed by atoms with Crippen molar-refractivity contribution in [1.29, 1.82) is 0 Å². The van der Waals surface area contributed by atoms with Crippen molar-refractivity contribution in [2.75, 3.05) is 0 Å². The van der Waals surface area contributed by atoms with E-state index in [0.29, 0.717) is 0 Å². The van der Waals surface area contributed by atoms with Gasteiger partial charge >= 0.3 is 5.97 Å². The zero-order valence-corrected chi connectivity index (χ0v) is 7.97. The molecule has 1 atom stereocenters. The molecule has 2 N–H and O–H groups in total. The Morgan fingerprint density at radius 2 is 2.29 bits per heavy atom. The van der Waals surface area contributed by atoms with E-state index in [2.05, 4.69) is 0 Å². The molecule has 0 aromatic carbocycles. The average Bonchev–Trinajstić information content (AvgIpc) is 2.83. The van der Waals surface area contributed by atoms with E-state index in [0.717, 1.165) is 18.5 Å². The summed E-state index contributed by atoms with van der Waals surface area (Å²) in [6.07, 6.45) is 2.08. The van der Waals surface area contributed by atoms with Crippen LogP contribution in [0, 0.1) is 0 Å². The van der Waals surface area contributed by atoms with Crippen LogP contribution in [-0.4, -0.2) is 26.9 Å². The van der Waals surface area contributed by atoms with Crippen LogP contribution in [0.3, 0.4) is 0 Å². The molecule has 4 nitrogen and oxygen atoms in total.